The number of aromatic nitrogens is 1. The number of nitro groups is 1. The highest BCUT2D eigenvalue weighted by Gasteiger charge is 2.23. The molecule has 1 aromatic heterocycles. The van der Waals surface area contributed by atoms with Crippen LogP contribution >= 0.6 is 22.9 Å². The summed E-state index contributed by atoms with van der Waals surface area (Å²) in [6.07, 6.45) is 0. The molecule has 1 saturated heterocycles. The summed E-state index contributed by atoms with van der Waals surface area (Å²) in [5, 5.41) is 11.0. The van der Waals surface area contributed by atoms with Gasteiger partial charge < -0.3 is 9.80 Å². The molecule has 2 heterocycles. The van der Waals surface area contributed by atoms with Gasteiger partial charge in [0.2, 0.25) is 0 Å². The molecule has 168 valence electrons. The molecule has 1 amide bonds. The fourth-order valence-electron chi connectivity index (χ4n) is 3.27. The van der Waals surface area contributed by atoms with E-state index in [1.165, 1.54) is 6.07 Å². The van der Waals surface area contributed by atoms with Gasteiger partial charge in [-0.1, -0.05) is 22.9 Å². The number of hydrogen-bond donors (Lipinski definition) is 1. The Labute approximate surface area is 192 Å². The summed E-state index contributed by atoms with van der Waals surface area (Å²) >= 11 is 6.83. The van der Waals surface area contributed by atoms with E-state index < -0.39 is 20.6 Å². The molecule has 0 atom stereocenters. The van der Waals surface area contributed by atoms with Gasteiger partial charge >= 0.3 is 0 Å². The monoisotopic (exact) mass is 495 g/mol. The Balaban J connectivity index is 1.57. The number of likely N-dealkylation sites (N-methyl/N-ethyl adjacent to an activating group) is 1. The molecular formula is C19H18ClN5O5S2. The number of hydrogen-bond acceptors (Lipinski definition) is 8. The second-order valence-electron chi connectivity index (χ2n) is 7.27. The van der Waals surface area contributed by atoms with Crippen LogP contribution in [0.15, 0.2) is 41.3 Å². The van der Waals surface area contributed by atoms with Gasteiger partial charge in [-0.3, -0.25) is 19.6 Å². The van der Waals surface area contributed by atoms with Crippen LogP contribution in [0.5, 0.6) is 0 Å². The number of sulfonamides is 1. The average molecular weight is 496 g/mol. The first-order chi connectivity index (χ1) is 15.1. The van der Waals surface area contributed by atoms with Gasteiger partial charge in [-0.25, -0.2) is 13.4 Å². The predicted octanol–water partition coefficient (Wildman–Crippen LogP) is 3.05. The largest absolute Gasteiger partial charge is 0.336 e. The Morgan fingerprint density at radius 1 is 1.19 bits per heavy atom. The number of amides is 1. The molecule has 0 aliphatic carbocycles. The van der Waals surface area contributed by atoms with Crippen molar-refractivity contribution in [2.75, 3.05) is 37.9 Å². The maximum atomic E-state index is 12.8. The molecule has 13 heteroatoms. The van der Waals surface area contributed by atoms with Gasteiger partial charge in [0, 0.05) is 37.8 Å². The van der Waals surface area contributed by atoms with E-state index in [1.807, 2.05) is 7.05 Å². The standard InChI is InChI=1S/C19H18ClN5O5S2/c1-23-6-8-24(9-7-23)18(26)12-2-5-15-17(10-12)31-19(21-15)22-32(29,30)13-3-4-14(20)16(11-13)25(27)28/h2-5,10-11H,6-9H2,1H3,(H,21,22). The molecule has 4 rings (SSSR count). The molecular weight excluding hydrogens is 478 g/mol. The minimum absolute atomic E-state index is 0.0796. The molecule has 1 aliphatic rings. The maximum absolute atomic E-state index is 12.8. The zero-order valence-corrected chi connectivity index (χ0v) is 19.2. The van der Waals surface area contributed by atoms with Crippen LogP contribution in [0.2, 0.25) is 5.02 Å². The summed E-state index contributed by atoms with van der Waals surface area (Å²) in [6.45, 7) is 2.91. The summed E-state index contributed by atoms with van der Waals surface area (Å²) in [5.41, 5.74) is 0.532. The van der Waals surface area contributed by atoms with Crippen molar-refractivity contribution in [3.63, 3.8) is 0 Å². The van der Waals surface area contributed by atoms with Gasteiger partial charge in [-0.15, -0.1) is 0 Å². The molecule has 0 radical (unpaired) electrons. The Morgan fingerprint density at radius 2 is 1.91 bits per heavy atom. The second kappa shape index (κ2) is 8.62. The number of benzene rings is 2. The fraction of sp³-hybridized carbons (Fsp3) is 0.263. The van der Waals surface area contributed by atoms with Gasteiger partial charge in [0.15, 0.2) is 5.13 Å². The molecule has 1 fully saturated rings. The third-order valence-electron chi connectivity index (χ3n) is 5.07. The smallest absolute Gasteiger partial charge is 0.289 e. The summed E-state index contributed by atoms with van der Waals surface area (Å²) in [7, 11) is -2.12. The number of rotatable bonds is 5. The zero-order valence-electron chi connectivity index (χ0n) is 16.8. The first-order valence-corrected chi connectivity index (χ1v) is 12.2. The van der Waals surface area contributed by atoms with E-state index >= 15 is 0 Å². The van der Waals surface area contributed by atoms with Gasteiger partial charge in [0.25, 0.3) is 21.6 Å². The maximum Gasteiger partial charge on any atom is 0.289 e. The molecule has 10 nitrogen and oxygen atoms in total. The third kappa shape index (κ3) is 4.53. The van der Waals surface area contributed by atoms with Crippen LogP contribution in [-0.4, -0.2) is 67.3 Å². The van der Waals surface area contributed by atoms with Crippen LogP contribution in [0.1, 0.15) is 10.4 Å². The van der Waals surface area contributed by atoms with Crippen LogP contribution in [-0.2, 0) is 10.0 Å². The van der Waals surface area contributed by atoms with Crippen LogP contribution in [0.3, 0.4) is 0 Å². The van der Waals surface area contributed by atoms with Gasteiger partial charge in [-0.2, -0.15) is 0 Å². The second-order valence-corrected chi connectivity index (χ2v) is 10.4. The first kappa shape index (κ1) is 22.4. The van der Waals surface area contributed by atoms with E-state index in [1.54, 1.807) is 23.1 Å². The van der Waals surface area contributed by atoms with Crippen molar-refractivity contribution in [1.29, 1.82) is 0 Å². The number of halogens is 1. The SMILES string of the molecule is CN1CCN(C(=O)c2ccc3nc(NS(=O)(=O)c4ccc(Cl)c([N+](=O)[O-])c4)sc3c2)CC1. The van der Waals surface area contributed by atoms with E-state index in [-0.39, 0.29) is 21.0 Å². The molecule has 0 unspecified atom stereocenters. The zero-order chi connectivity index (χ0) is 23.0. The van der Waals surface area contributed by atoms with Crippen molar-refractivity contribution < 1.29 is 18.1 Å². The van der Waals surface area contributed by atoms with Gasteiger partial charge in [0.05, 0.1) is 20.0 Å². The minimum atomic E-state index is -4.13. The average Bonchev–Trinajstić information content (AvgIpc) is 3.14. The number of nitrogens with zero attached hydrogens (tertiary/aromatic N) is 4. The topological polar surface area (TPSA) is 126 Å². The van der Waals surface area contributed by atoms with Gasteiger partial charge in [0.1, 0.15) is 5.02 Å². The van der Waals surface area contributed by atoms with Crippen molar-refractivity contribution in [2.24, 2.45) is 0 Å². The van der Waals surface area contributed by atoms with Crippen LogP contribution in [0.25, 0.3) is 10.2 Å². The molecule has 0 spiro atoms. The van der Waals surface area contributed by atoms with E-state index in [2.05, 4.69) is 14.6 Å². The number of piperazine rings is 1. The van der Waals surface area contributed by atoms with Crippen molar-refractivity contribution in [1.82, 2.24) is 14.8 Å². The highest BCUT2D eigenvalue weighted by molar-refractivity contribution is 7.93. The quantitative estimate of drug-likeness (QED) is 0.425. The molecule has 3 aromatic rings. The van der Waals surface area contributed by atoms with E-state index in [4.69, 9.17) is 11.6 Å². The number of anilines is 1. The summed E-state index contributed by atoms with van der Waals surface area (Å²) in [4.78, 5) is 31.0. The lowest BCUT2D eigenvalue weighted by molar-refractivity contribution is -0.384. The Bertz CT molecular complexity index is 1320. The van der Waals surface area contributed by atoms with Crippen molar-refractivity contribution >= 4 is 59.9 Å². The Morgan fingerprint density at radius 3 is 2.59 bits per heavy atom. The fourth-order valence-corrected chi connectivity index (χ4v) is 5.61. The first-order valence-electron chi connectivity index (χ1n) is 9.49. The Hall–Kier alpha value is -2.80. The van der Waals surface area contributed by atoms with E-state index in [0.717, 1.165) is 36.6 Å². The molecule has 32 heavy (non-hydrogen) atoms. The number of nitrogens with one attached hydrogen (secondary N) is 1. The molecule has 2 aromatic carbocycles. The van der Waals surface area contributed by atoms with E-state index in [0.29, 0.717) is 28.9 Å². The summed E-state index contributed by atoms with van der Waals surface area (Å²) < 4.78 is 28.4. The molecule has 1 N–H and O–H groups in total. The lowest BCUT2D eigenvalue weighted by atomic mass is 10.1. The third-order valence-corrected chi connectivity index (χ3v) is 7.79. The predicted molar refractivity (Wildman–Crippen MR) is 122 cm³/mol. The lowest BCUT2D eigenvalue weighted by Crippen LogP contribution is -2.47. The summed E-state index contributed by atoms with van der Waals surface area (Å²) in [6, 6.07) is 8.26. The Kier molecular flexibility index (Phi) is 6.03. The number of carbonyl (C=O) groups excluding carboxylic acids is 1. The highest BCUT2D eigenvalue weighted by atomic mass is 35.5. The minimum Gasteiger partial charge on any atom is -0.336 e. The molecule has 1 aliphatic heterocycles. The van der Waals surface area contributed by atoms with Gasteiger partial charge in [-0.05, 0) is 37.4 Å². The van der Waals surface area contributed by atoms with Crippen molar-refractivity contribution in [3.05, 3.63) is 57.1 Å². The van der Waals surface area contributed by atoms with Crippen molar-refractivity contribution in [2.45, 2.75) is 4.90 Å². The number of thiazole rings is 1. The normalized spacial score (nSPS) is 15.1. The molecule has 0 saturated carbocycles. The summed E-state index contributed by atoms with van der Waals surface area (Å²) in [5.74, 6) is -0.0796. The van der Waals surface area contributed by atoms with Crippen LogP contribution < -0.4 is 4.72 Å². The number of fused-ring (bicyclic) bond motifs is 1. The highest BCUT2D eigenvalue weighted by Crippen LogP contribution is 2.31. The number of nitro benzene ring substituents is 1. The molecule has 0 bridgehead atoms. The van der Waals surface area contributed by atoms with Crippen molar-refractivity contribution in [3.8, 4) is 0 Å². The van der Waals surface area contributed by atoms with Crippen LogP contribution in [0.4, 0.5) is 10.8 Å². The van der Waals surface area contributed by atoms with E-state index in [9.17, 15) is 23.3 Å². The van der Waals surface area contributed by atoms with Crippen LogP contribution in [0, 0.1) is 10.1 Å². The number of carbonyl (C=O) groups is 1. The lowest BCUT2D eigenvalue weighted by Gasteiger charge is -2.32.